The summed E-state index contributed by atoms with van der Waals surface area (Å²) in [6, 6.07) is 6.35. The summed E-state index contributed by atoms with van der Waals surface area (Å²) >= 11 is 0. The molecule has 2 aromatic rings. The summed E-state index contributed by atoms with van der Waals surface area (Å²) in [5, 5.41) is 0. The first-order valence-corrected chi connectivity index (χ1v) is 6.91. The highest BCUT2D eigenvalue weighted by Crippen LogP contribution is 2.21. The second-order valence-corrected chi connectivity index (χ2v) is 5.66. The molecule has 1 aromatic carbocycles. The topological polar surface area (TPSA) is 22.0 Å². The molecule has 0 aliphatic rings. The van der Waals surface area contributed by atoms with Gasteiger partial charge in [0.05, 0.1) is 0 Å². The molecule has 0 unspecified atom stereocenters. The van der Waals surface area contributed by atoms with Gasteiger partial charge in [-0.2, -0.15) is 0 Å². The molecule has 0 N–H and O–H groups in total. The molecule has 0 aliphatic heterocycles. The molecule has 0 spiro atoms. The first-order chi connectivity index (χ1) is 9.40. The molecule has 0 bridgehead atoms. The van der Waals surface area contributed by atoms with Gasteiger partial charge in [0.15, 0.2) is 5.43 Å². The van der Waals surface area contributed by atoms with Crippen LogP contribution in [-0.4, -0.2) is 4.57 Å². The van der Waals surface area contributed by atoms with Gasteiger partial charge < -0.3 is 4.57 Å². The van der Waals surface area contributed by atoms with Crippen molar-refractivity contribution < 1.29 is 4.39 Å². The Morgan fingerprint density at radius 2 is 1.60 bits per heavy atom. The SMILES string of the molecule is CC(C)c1cn(C(C)C)cc(-c2ccc(F)cc2)c1=O. The van der Waals surface area contributed by atoms with E-state index in [2.05, 4.69) is 13.8 Å². The van der Waals surface area contributed by atoms with Crippen molar-refractivity contribution in [1.29, 1.82) is 0 Å². The summed E-state index contributed by atoms with van der Waals surface area (Å²) in [6.45, 7) is 8.16. The molecule has 0 radical (unpaired) electrons. The Hall–Kier alpha value is -1.90. The van der Waals surface area contributed by atoms with Gasteiger partial charge in [0, 0.05) is 29.6 Å². The zero-order valence-electron chi connectivity index (χ0n) is 12.4. The Kier molecular flexibility index (Phi) is 4.07. The third kappa shape index (κ3) is 2.82. The Labute approximate surface area is 118 Å². The maximum atomic E-state index is 13.0. The molecule has 1 aromatic heterocycles. The van der Waals surface area contributed by atoms with E-state index in [4.69, 9.17) is 0 Å². The third-order valence-corrected chi connectivity index (χ3v) is 3.45. The lowest BCUT2D eigenvalue weighted by Gasteiger charge is -2.16. The molecule has 0 fully saturated rings. The number of halogens is 1. The van der Waals surface area contributed by atoms with Crippen LogP contribution in [0.4, 0.5) is 4.39 Å². The highest BCUT2D eigenvalue weighted by Gasteiger charge is 2.13. The van der Waals surface area contributed by atoms with Gasteiger partial charge in [-0.05, 0) is 37.5 Å². The number of nitrogens with zero attached hydrogens (tertiary/aromatic N) is 1. The maximum Gasteiger partial charge on any atom is 0.192 e. The predicted octanol–water partition coefficient (Wildman–Crippen LogP) is 4.36. The van der Waals surface area contributed by atoms with E-state index in [1.54, 1.807) is 12.1 Å². The number of benzene rings is 1. The van der Waals surface area contributed by atoms with Gasteiger partial charge in [0.1, 0.15) is 5.82 Å². The Bertz CT molecular complexity index is 654. The number of hydrogen-bond acceptors (Lipinski definition) is 1. The van der Waals surface area contributed by atoms with Crippen LogP contribution in [0.1, 0.15) is 45.2 Å². The summed E-state index contributed by atoms with van der Waals surface area (Å²) in [4.78, 5) is 12.6. The van der Waals surface area contributed by atoms with E-state index in [-0.39, 0.29) is 23.2 Å². The smallest absolute Gasteiger partial charge is 0.192 e. The summed E-state index contributed by atoms with van der Waals surface area (Å²) < 4.78 is 15.1. The zero-order valence-corrected chi connectivity index (χ0v) is 12.4. The summed E-state index contributed by atoms with van der Waals surface area (Å²) in [7, 11) is 0. The van der Waals surface area contributed by atoms with E-state index >= 15 is 0 Å². The predicted molar refractivity (Wildman–Crippen MR) is 80.6 cm³/mol. The summed E-state index contributed by atoms with van der Waals surface area (Å²) in [5.74, 6) is -0.133. The van der Waals surface area contributed by atoms with Gasteiger partial charge >= 0.3 is 0 Å². The minimum absolute atomic E-state index is 0.0310. The van der Waals surface area contributed by atoms with Gasteiger partial charge in [0.2, 0.25) is 0 Å². The van der Waals surface area contributed by atoms with Gasteiger partial charge in [0.25, 0.3) is 0 Å². The second-order valence-electron chi connectivity index (χ2n) is 5.66. The van der Waals surface area contributed by atoms with Crippen molar-refractivity contribution in [1.82, 2.24) is 4.57 Å². The molecule has 0 saturated carbocycles. The van der Waals surface area contributed by atoms with Gasteiger partial charge in [-0.3, -0.25) is 4.79 Å². The monoisotopic (exact) mass is 273 g/mol. The van der Waals surface area contributed by atoms with Crippen molar-refractivity contribution in [3.8, 4) is 11.1 Å². The van der Waals surface area contributed by atoms with E-state index in [0.29, 0.717) is 5.56 Å². The van der Waals surface area contributed by atoms with Crippen LogP contribution in [0, 0.1) is 5.82 Å². The fourth-order valence-electron chi connectivity index (χ4n) is 2.16. The van der Waals surface area contributed by atoms with Crippen LogP contribution in [0.25, 0.3) is 11.1 Å². The first kappa shape index (κ1) is 14.5. The standard InChI is InChI=1S/C17H20FNO/c1-11(2)15-9-19(12(3)4)10-16(17(15)20)13-5-7-14(18)8-6-13/h5-12H,1-4H3. The molecule has 2 nitrogen and oxygen atoms in total. The Balaban J connectivity index is 2.68. The minimum Gasteiger partial charge on any atom is -0.351 e. The van der Waals surface area contributed by atoms with Crippen molar-refractivity contribution in [2.45, 2.75) is 39.7 Å². The van der Waals surface area contributed by atoms with Crippen LogP contribution in [0.2, 0.25) is 0 Å². The van der Waals surface area contributed by atoms with E-state index in [1.165, 1.54) is 12.1 Å². The number of pyridine rings is 1. The molecule has 20 heavy (non-hydrogen) atoms. The lowest BCUT2D eigenvalue weighted by atomic mass is 9.99. The molecule has 0 amide bonds. The fraction of sp³-hybridized carbons (Fsp3) is 0.353. The van der Waals surface area contributed by atoms with Gasteiger partial charge in [-0.15, -0.1) is 0 Å². The second kappa shape index (κ2) is 5.61. The summed E-state index contributed by atoms with van der Waals surface area (Å²) in [6.07, 6.45) is 3.77. The number of hydrogen-bond donors (Lipinski definition) is 0. The molecule has 0 saturated heterocycles. The quantitative estimate of drug-likeness (QED) is 0.814. The van der Waals surface area contributed by atoms with E-state index in [9.17, 15) is 9.18 Å². The normalized spacial score (nSPS) is 11.3. The first-order valence-electron chi connectivity index (χ1n) is 6.91. The highest BCUT2D eigenvalue weighted by atomic mass is 19.1. The van der Waals surface area contributed by atoms with Crippen LogP contribution in [0.5, 0.6) is 0 Å². The van der Waals surface area contributed by atoms with Crippen LogP contribution in [0.3, 0.4) is 0 Å². The van der Waals surface area contributed by atoms with E-state index in [1.807, 2.05) is 30.8 Å². The third-order valence-electron chi connectivity index (χ3n) is 3.45. The van der Waals surface area contributed by atoms with Gasteiger partial charge in [-0.1, -0.05) is 26.0 Å². The van der Waals surface area contributed by atoms with Crippen molar-refractivity contribution in [3.05, 3.63) is 58.3 Å². The lowest BCUT2D eigenvalue weighted by Crippen LogP contribution is -2.17. The number of rotatable bonds is 3. The molecule has 2 rings (SSSR count). The lowest BCUT2D eigenvalue weighted by molar-refractivity contribution is 0.589. The average molecular weight is 273 g/mol. The van der Waals surface area contributed by atoms with Crippen molar-refractivity contribution >= 4 is 0 Å². The van der Waals surface area contributed by atoms with Gasteiger partial charge in [-0.25, -0.2) is 4.39 Å². The molecular formula is C17H20FNO. The molecule has 3 heteroatoms. The Morgan fingerprint density at radius 3 is 2.10 bits per heavy atom. The van der Waals surface area contributed by atoms with Crippen molar-refractivity contribution in [2.24, 2.45) is 0 Å². The molecular weight excluding hydrogens is 253 g/mol. The van der Waals surface area contributed by atoms with Crippen molar-refractivity contribution in [2.75, 3.05) is 0 Å². The van der Waals surface area contributed by atoms with Crippen LogP contribution in [0.15, 0.2) is 41.5 Å². The molecule has 106 valence electrons. The largest absolute Gasteiger partial charge is 0.351 e. The Morgan fingerprint density at radius 1 is 1.00 bits per heavy atom. The minimum atomic E-state index is -0.294. The highest BCUT2D eigenvalue weighted by molar-refractivity contribution is 5.63. The molecule has 0 aliphatic carbocycles. The van der Waals surface area contributed by atoms with E-state index < -0.39 is 0 Å². The van der Waals surface area contributed by atoms with Crippen LogP contribution >= 0.6 is 0 Å². The zero-order chi connectivity index (χ0) is 14.9. The summed E-state index contributed by atoms with van der Waals surface area (Å²) in [5.41, 5.74) is 2.21. The molecule has 0 atom stereocenters. The van der Waals surface area contributed by atoms with Crippen LogP contribution in [-0.2, 0) is 0 Å². The average Bonchev–Trinajstić information content (AvgIpc) is 2.39. The number of aromatic nitrogens is 1. The van der Waals surface area contributed by atoms with E-state index in [0.717, 1.165) is 11.1 Å². The molecule has 1 heterocycles. The van der Waals surface area contributed by atoms with Crippen LogP contribution < -0.4 is 5.43 Å². The van der Waals surface area contributed by atoms with Crippen molar-refractivity contribution in [3.63, 3.8) is 0 Å². The fourth-order valence-corrected chi connectivity index (χ4v) is 2.16. The maximum absolute atomic E-state index is 13.0.